The Labute approximate surface area is 190 Å². The van der Waals surface area contributed by atoms with Crippen LogP contribution in [0.4, 0.5) is 23.2 Å². The van der Waals surface area contributed by atoms with E-state index < -0.39 is 41.0 Å². The van der Waals surface area contributed by atoms with E-state index in [9.17, 15) is 32.3 Å². The van der Waals surface area contributed by atoms with Gasteiger partial charge in [-0.3, -0.25) is 14.5 Å². The third-order valence-electron chi connectivity index (χ3n) is 5.20. The SMILES string of the molecule is O=C1C(=O)N(c2cccc(C(F)(F)F)c2)C(c2ccc(F)cc2)C1=C(O)c1ccc(Cl)cc1. The second-order valence-electron chi connectivity index (χ2n) is 7.28. The lowest BCUT2D eigenvalue weighted by molar-refractivity contribution is -0.137. The summed E-state index contributed by atoms with van der Waals surface area (Å²) in [7, 11) is 0. The molecule has 3 aromatic carbocycles. The number of Topliss-reactive ketones (excluding diaryl/α,β-unsaturated/α-hetero) is 1. The van der Waals surface area contributed by atoms with Gasteiger partial charge in [0, 0.05) is 16.3 Å². The molecule has 1 saturated heterocycles. The van der Waals surface area contributed by atoms with Crippen LogP contribution in [0, 0.1) is 5.82 Å². The fourth-order valence-corrected chi connectivity index (χ4v) is 3.78. The van der Waals surface area contributed by atoms with E-state index in [1.807, 2.05) is 0 Å². The Hall–Kier alpha value is -3.65. The van der Waals surface area contributed by atoms with Crippen LogP contribution in [0.1, 0.15) is 22.7 Å². The van der Waals surface area contributed by atoms with Crippen LogP contribution in [0.3, 0.4) is 0 Å². The van der Waals surface area contributed by atoms with Crippen molar-refractivity contribution in [2.45, 2.75) is 12.2 Å². The molecule has 4 nitrogen and oxygen atoms in total. The molecule has 4 rings (SSSR count). The first-order chi connectivity index (χ1) is 15.6. The van der Waals surface area contributed by atoms with Gasteiger partial charge in [-0.05, 0) is 60.2 Å². The number of carbonyl (C=O) groups excluding carboxylic acids is 2. The van der Waals surface area contributed by atoms with E-state index in [4.69, 9.17) is 11.6 Å². The second-order valence-corrected chi connectivity index (χ2v) is 7.71. The van der Waals surface area contributed by atoms with E-state index >= 15 is 0 Å². The van der Waals surface area contributed by atoms with E-state index in [-0.39, 0.29) is 22.4 Å². The largest absolute Gasteiger partial charge is 0.507 e. The summed E-state index contributed by atoms with van der Waals surface area (Å²) < 4.78 is 53.4. The van der Waals surface area contributed by atoms with E-state index in [0.29, 0.717) is 5.02 Å². The van der Waals surface area contributed by atoms with Crippen molar-refractivity contribution in [3.63, 3.8) is 0 Å². The van der Waals surface area contributed by atoms with Crippen LogP contribution in [-0.4, -0.2) is 16.8 Å². The highest BCUT2D eigenvalue weighted by atomic mass is 35.5. The molecular weight excluding hydrogens is 462 g/mol. The molecule has 33 heavy (non-hydrogen) atoms. The number of benzene rings is 3. The number of hydrogen-bond donors (Lipinski definition) is 1. The van der Waals surface area contributed by atoms with E-state index in [1.54, 1.807) is 0 Å². The molecule has 0 spiro atoms. The predicted octanol–water partition coefficient (Wildman–Crippen LogP) is 6.12. The summed E-state index contributed by atoms with van der Waals surface area (Å²) in [6.07, 6.45) is -4.68. The lowest BCUT2D eigenvalue weighted by Crippen LogP contribution is -2.29. The number of carbonyl (C=O) groups is 2. The maximum Gasteiger partial charge on any atom is 0.416 e. The predicted molar refractivity (Wildman–Crippen MR) is 114 cm³/mol. The van der Waals surface area contributed by atoms with Crippen LogP contribution in [0.2, 0.25) is 5.02 Å². The molecule has 1 unspecified atom stereocenters. The Bertz CT molecular complexity index is 1270. The number of halogens is 5. The van der Waals surface area contributed by atoms with Gasteiger partial charge in [-0.25, -0.2) is 4.39 Å². The van der Waals surface area contributed by atoms with Crippen molar-refractivity contribution in [2.75, 3.05) is 4.90 Å². The first-order valence-electron chi connectivity index (χ1n) is 9.57. The first kappa shape index (κ1) is 22.5. The number of hydrogen-bond acceptors (Lipinski definition) is 3. The van der Waals surface area contributed by atoms with E-state index in [2.05, 4.69) is 0 Å². The van der Waals surface area contributed by atoms with Crippen molar-refractivity contribution >= 4 is 34.7 Å². The summed E-state index contributed by atoms with van der Waals surface area (Å²) in [5.41, 5.74) is -1.16. The molecule has 0 radical (unpaired) electrons. The van der Waals surface area contributed by atoms with E-state index in [1.165, 1.54) is 42.5 Å². The molecular formula is C24H14ClF4NO3. The molecule has 1 N–H and O–H groups in total. The Kier molecular flexibility index (Phi) is 5.71. The second kappa shape index (κ2) is 8.37. The molecule has 1 heterocycles. The summed E-state index contributed by atoms with van der Waals surface area (Å²) in [6.45, 7) is 0. The average molecular weight is 476 g/mol. The Morgan fingerprint density at radius 2 is 1.58 bits per heavy atom. The number of amides is 1. The molecule has 9 heteroatoms. The molecule has 1 atom stereocenters. The van der Waals surface area contributed by atoms with Crippen LogP contribution in [0.25, 0.3) is 5.76 Å². The van der Waals surface area contributed by atoms with Gasteiger partial charge in [-0.15, -0.1) is 0 Å². The number of aliphatic hydroxyl groups excluding tert-OH is 1. The highest BCUT2D eigenvalue weighted by Crippen LogP contribution is 2.43. The number of nitrogens with zero attached hydrogens (tertiary/aromatic N) is 1. The number of aliphatic hydroxyl groups is 1. The number of ketones is 1. The van der Waals surface area contributed by atoms with Crippen LogP contribution < -0.4 is 4.90 Å². The van der Waals surface area contributed by atoms with Gasteiger partial charge in [-0.2, -0.15) is 13.2 Å². The lowest BCUT2D eigenvalue weighted by Gasteiger charge is -2.26. The van der Waals surface area contributed by atoms with Crippen molar-refractivity contribution in [2.24, 2.45) is 0 Å². The van der Waals surface area contributed by atoms with Gasteiger partial charge in [0.1, 0.15) is 11.6 Å². The first-order valence-corrected chi connectivity index (χ1v) is 9.95. The smallest absolute Gasteiger partial charge is 0.416 e. The molecule has 1 aliphatic heterocycles. The van der Waals surface area contributed by atoms with Crippen LogP contribution in [-0.2, 0) is 15.8 Å². The third kappa shape index (κ3) is 4.21. The van der Waals surface area contributed by atoms with Crippen molar-refractivity contribution in [1.29, 1.82) is 0 Å². The van der Waals surface area contributed by atoms with E-state index in [0.717, 1.165) is 35.2 Å². The van der Waals surface area contributed by atoms with Gasteiger partial charge in [-0.1, -0.05) is 29.8 Å². The Morgan fingerprint density at radius 1 is 0.939 bits per heavy atom. The minimum Gasteiger partial charge on any atom is -0.507 e. The molecule has 168 valence electrons. The van der Waals surface area contributed by atoms with Crippen molar-refractivity contribution in [3.8, 4) is 0 Å². The fourth-order valence-electron chi connectivity index (χ4n) is 3.65. The summed E-state index contributed by atoms with van der Waals surface area (Å²) >= 11 is 5.87. The van der Waals surface area contributed by atoms with Gasteiger partial charge >= 0.3 is 6.18 Å². The van der Waals surface area contributed by atoms with Crippen LogP contribution in [0.15, 0.2) is 78.4 Å². The Balaban J connectivity index is 1.94. The quantitative estimate of drug-likeness (QED) is 0.215. The Morgan fingerprint density at radius 3 is 2.18 bits per heavy atom. The molecule has 0 aromatic heterocycles. The van der Waals surface area contributed by atoms with Crippen molar-refractivity contribution in [3.05, 3.63) is 106 Å². The van der Waals surface area contributed by atoms with Gasteiger partial charge in [0.15, 0.2) is 0 Å². The number of anilines is 1. The third-order valence-corrected chi connectivity index (χ3v) is 5.45. The van der Waals surface area contributed by atoms with Crippen molar-refractivity contribution in [1.82, 2.24) is 0 Å². The van der Waals surface area contributed by atoms with Gasteiger partial charge in [0.2, 0.25) is 0 Å². The highest BCUT2D eigenvalue weighted by molar-refractivity contribution is 6.51. The molecule has 3 aromatic rings. The summed E-state index contributed by atoms with van der Waals surface area (Å²) in [4.78, 5) is 26.8. The molecule has 1 aliphatic rings. The summed E-state index contributed by atoms with van der Waals surface area (Å²) in [6, 6.07) is 13.2. The minimum atomic E-state index is -4.68. The van der Waals surface area contributed by atoms with Crippen LogP contribution in [0.5, 0.6) is 0 Å². The number of alkyl halides is 3. The lowest BCUT2D eigenvalue weighted by atomic mass is 9.95. The molecule has 0 saturated carbocycles. The fraction of sp³-hybridized carbons (Fsp3) is 0.0833. The minimum absolute atomic E-state index is 0.175. The molecule has 1 fully saturated rings. The standard InChI is InChI=1S/C24H14ClF4NO3/c25-16-8-4-14(5-9-16)21(31)19-20(13-6-10-17(26)11-7-13)30(23(33)22(19)32)18-3-1-2-15(12-18)24(27,28)29/h1-12,20,31H. The zero-order valence-corrected chi connectivity index (χ0v) is 17.4. The van der Waals surface area contributed by atoms with Crippen molar-refractivity contribution < 1.29 is 32.3 Å². The summed E-state index contributed by atoms with van der Waals surface area (Å²) in [5, 5.41) is 11.3. The number of rotatable bonds is 3. The zero-order valence-electron chi connectivity index (χ0n) is 16.6. The molecule has 0 bridgehead atoms. The monoisotopic (exact) mass is 475 g/mol. The normalized spacial score (nSPS) is 18.1. The van der Waals surface area contributed by atoms with Gasteiger partial charge in [0.05, 0.1) is 17.2 Å². The van der Waals surface area contributed by atoms with Gasteiger partial charge < -0.3 is 5.11 Å². The average Bonchev–Trinajstić information content (AvgIpc) is 3.04. The summed E-state index contributed by atoms with van der Waals surface area (Å²) in [5.74, 6) is -3.34. The van der Waals surface area contributed by atoms with Gasteiger partial charge in [0.25, 0.3) is 11.7 Å². The highest BCUT2D eigenvalue weighted by Gasteiger charge is 2.47. The maximum atomic E-state index is 13.5. The zero-order chi connectivity index (χ0) is 23.9. The molecule has 1 amide bonds. The van der Waals surface area contributed by atoms with Crippen LogP contribution >= 0.6 is 11.6 Å². The topological polar surface area (TPSA) is 57.6 Å². The molecule has 0 aliphatic carbocycles. The maximum absolute atomic E-state index is 13.5.